The monoisotopic (exact) mass is 377 g/mol. The lowest BCUT2D eigenvalue weighted by molar-refractivity contribution is 0.0996. The molecule has 0 aliphatic carbocycles. The van der Waals surface area contributed by atoms with Crippen LogP contribution >= 0.6 is 37.2 Å². The molecule has 2 aromatic carbocycles. The lowest BCUT2D eigenvalue weighted by atomic mass is 10.00. The minimum Gasteiger partial charge on any atom is -0.366 e. The van der Waals surface area contributed by atoms with Gasteiger partial charge in [0.1, 0.15) is 23.3 Å². The van der Waals surface area contributed by atoms with Crippen molar-refractivity contribution in [3.63, 3.8) is 0 Å². The van der Waals surface area contributed by atoms with Gasteiger partial charge in [-0.25, -0.2) is 17.6 Å². The third-order valence-electron chi connectivity index (χ3n) is 2.57. The van der Waals surface area contributed by atoms with Gasteiger partial charge in [0.2, 0.25) is 0 Å². The number of hydrogen-bond donors (Lipinski definition) is 1. The van der Waals surface area contributed by atoms with E-state index in [0.717, 1.165) is 30.3 Å². The van der Waals surface area contributed by atoms with Crippen molar-refractivity contribution >= 4 is 43.1 Å². The van der Waals surface area contributed by atoms with E-state index in [1.807, 2.05) is 0 Å². The molecule has 0 aliphatic heterocycles. The van der Waals surface area contributed by atoms with Crippen LogP contribution in [0.4, 0.5) is 17.6 Å². The van der Waals surface area contributed by atoms with Crippen LogP contribution in [0.15, 0.2) is 30.3 Å². The summed E-state index contributed by atoms with van der Waals surface area (Å²) >= 11 is 0. The second-order valence-corrected chi connectivity index (χ2v) is 3.74. The van der Waals surface area contributed by atoms with Crippen LogP contribution in [-0.2, 0) is 0 Å². The van der Waals surface area contributed by atoms with Crippen molar-refractivity contribution in [2.45, 2.75) is 0 Å². The molecule has 1 amide bonds. The highest BCUT2D eigenvalue weighted by Crippen LogP contribution is 2.32. The first-order valence-electron chi connectivity index (χ1n) is 5.15. The molecule has 0 bridgehead atoms. The maximum Gasteiger partial charge on any atom is 0.251 e. The topological polar surface area (TPSA) is 43.1 Å². The molecule has 2 aromatic rings. The Bertz CT molecular complexity index is 662. The average molecular weight is 379 g/mol. The van der Waals surface area contributed by atoms with Gasteiger partial charge in [0.15, 0.2) is 0 Å². The first-order chi connectivity index (χ1) is 8.93. The fourth-order valence-electron chi connectivity index (χ4n) is 1.71. The van der Waals surface area contributed by atoms with Crippen LogP contribution in [0, 0.1) is 23.3 Å². The summed E-state index contributed by atoms with van der Waals surface area (Å²) in [7, 11) is 0. The highest BCUT2D eigenvalue weighted by Gasteiger charge is 2.23. The normalized spacial score (nSPS) is 9.09. The molecule has 122 valence electrons. The number of halogens is 7. The van der Waals surface area contributed by atoms with Gasteiger partial charge < -0.3 is 5.73 Å². The minimum atomic E-state index is -1.39. The summed E-state index contributed by atoms with van der Waals surface area (Å²) in [5.74, 6) is -6.02. The molecule has 0 unspecified atom stereocenters. The first-order valence-corrected chi connectivity index (χ1v) is 5.15. The highest BCUT2D eigenvalue weighted by atomic mass is 35.5. The average Bonchev–Trinajstić information content (AvgIpc) is 2.32. The Morgan fingerprint density at radius 1 is 0.773 bits per heavy atom. The van der Waals surface area contributed by atoms with Crippen molar-refractivity contribution < 1.29 is 22.4 Å². The van der Waals surface area contributed by atoms with Gasteiger partial charge in [-0.1, -0.05) is 6.07 Å². The molecule has 0 atom stereocenters. The van der Waals surface area contributed by atoms with E-state index in [2.05, 4.69) is 0 Å². The third-order valence-corrected chi connectivity index (χ3v) is 2.57. The van der Waals surface area contributed by atoms with E-state index < -0.39 is 45.9 Å². The van der Waals surface area contributed by atoms with Gasteiger partial charge in [0.25, 0.3) is 5.91 Å². The Labute approximate surface area is 141 Å². The molecule has 0 saturated heterocycles. The summed E-state index contributed by atoms with van der Waals surface area (Å²) in [6, 6.07) is 4.31. The maximum absolute atomic E-state index is 14.0. The number of benzene rings is 2. The van der Waals surface area contributed by atoms with Crippen molar-refractivity contribution in [3.8, 4) is 11.1 Å². The lowest BCUT2D eigenvalue weighted by Gasteiger charge is -2.09. The van der Waals surface area contributed by atoms with Crippen molar-refractivity contribution in [1.82, 2.24) is 0 Å². The van der Waals surface area contributed by atoms with Crippen LogP contribution < -0.4 is 5.73 Å². The molecular weight excluding hydrogens is 369 g/mol. The summed E-state index contributed by atoms with van der Waals surface area (Å²) < 4.78 is 54.6. The number of carbonyl (C=O) groups is 1. The summed E-state index contributed by atoms with van der Waals surface area (Å²) in [4.78, 5) is 11.0. The molecule has 0 radical (unpaired) electrons. The quantitative estimate of drug-likeness (QED) is 0.779. The summed E-state index contributed by atoms with van der Waals surface area (Å²) in [6.07, 6.45) is 0. The van der Waals surface area contributed by atoms with E-state index in [4.69, 9.17) is 5.73 Å². The summed E-state index contributed by atoms with van der Waals surface area (Å²) in [5, 5.41) is 0. The molecule has 0 spiro atoms. The van der Waals surface area contributed by atoms with Gasteiger partial charge in [-0.15, -0.1) is 37.2 Å². The number of carbonyl (C=O) groups excluding carboxylic acids is 1. The molecule has 0 fully saturated rings. The standard InChI is InChI=1S/C13H7F4NO.3ClH/c14-7-2-1-3-8(15)10(7)11-9(16)5-4-6(12(11)17)13(18)19;;;/h1-5H,(H2,18,19);3*1H. The van der Waals surface area contributed by atoms with Gasteiger partial charge >= 0.3 is 0 Å². The van der Waals surface area contributed by atoms with Crippen LogP contribution in [-0.4, -0.2) is 5.91 Å². The fraction of sp³-hybridized carbons (Fsp3) is 0. The Hall–Kier alpha value is -1.50. The van der Waals surface area contributed by atoms with Gasteiger partial charge in [0, 0.05) is 0 Å². The highest BCUT2D eigenvalue weighted by molar-refractivity contribution is 5.94. The van der Waals surface area contributed by atoms with Crippen molar-refractivity contribution in [1.29, 1.82) is 0 Å². The zero-order chi connectivity index (χ0) is 14.2. The van der Waals surface area contributed by atoms with Crippen molar-refractivity contribution in [3.05, 3.63) is 59.2 Å². The largest absolute Gasteiger partial charge is 0.366 e. The molecule has 2 rings (SSSR count). The fourth-order valence-corrected chi connectivity index (χ4v) is 1.71. The van der Waals surface area contributed by atoms with E-state index >= 15 is 0 Å². The van der Waals surface area contributed by atoms with Crippen LogP contribution in [0.25, 0.3) is 11.1 Å². The smallest absolute Gasteiger partial charge is 0.251 e. The second kappa shape index (κ2) is 8.82. The minimum absolute atomic E-state index is 0. The Balaban J connectivity index is 0. The molecule has 0 aromatic heterocycles. The van der Waals surface area contributed by atoms with Crippen LogP contribution in [0.1, 0.15) is 10.4 Å². The van der Waals surface area contributed by atoms with E-state index in [1.54, 1.807) is 0 Å². The van der Waals surface area contributed by atoms with E-state index in [1.165, 1.54) is 0 Å². The Kier molecular flexibility index (Phi) is 9.14. The van der Waals surface area contributed by atoms with E-state index in [-0.39, 0.29) is 37.2 Å². The molecule has 2 N–H and O–H groups in total. The zero-order valence-corrected chi connectivity index (χ0v) is 13.1. The van der Waals surface area contributed by atoms with E-state index in [0.29, 0.717) is 0 Å². The lowest BCUT2D eigenvalue weighted by Crippen LogP contribution is -2.14. The summed E-state index contributed by atoms with van der Waals surface area (Å²) in [6.45, 7) is 0. The van der Waals surface area contributed by atoms with Crippen LogP contribution in [0.2, 0.25) is 0 Å². The number of rotatable bonds is 2. The molecular formula is C13H10Cl3F4NO. The Morgan fingerprint density at radius 2 is 1.23 bits per heavy atom. The molecule has 22 heavy (non-hydrogen) atoms. The van der Waals surface area contributed by atoms with Gasteiger partial charge in [-0.2, -0.15) is 0 Å². The number of hydrogen-bond acceptors (Lipinski definition) is 1. The third kappa shape index (κ3) is 4.03. The zero-order valence-electron chi connectivity index (χ0n) is 10.6. The summed E-state index contributed by atoms with van der Waals surface area (Å²) in [5.41, 5.74) is 2.43. The molecule has 0 saturated carbocycles. The molecule has 9 heteroatoms. The predicted octanol–water partition coefficient (Wildman–Crippen LogP) is 4.27. The number of nitrogens with two attached hydrogens (primary N) is 1. The number of amides is 1. The number of primary amides is 1. The van der Waals surface area contributed by atoms with Crippen LogP contribution in [0.5, 0.6) is 0 Å². The SMILES string of the molecule is Cl.Cl.Cl.NC(=O)c1ccc(F)c(-c2c(F)cccc2F)c1F. The molecule has 0 heterocycles. The van der Waals surface area contributed by atoms with Crippen molar-refractivity contribution in [2.75, 3.05) is 0 Å². The first kappa shape index (κ1) is 22.8. The maximum atomic E-state index is 14.0. The molecule has 0 aliphatic rings. The van der Waals surface area contributed by atoms with E-state index in [9.17, 15) is 22.4 Å². The Morgan fingerprint density at radius 3 is 1.68 bits per heavy atom. The predicted molar refractivity (Wildman–Crippen MR) is 82.0 cm³/mol. The molecule has 2 nitrogen and oxygen atoms in total. The van der Waals surface area contributed by atoms with Crippen LogP contribution in [0.3, 0.4) is 0 Å². The van der Waals surface area contributed by atoms with Crippen molar-refractivity contribution in [2.24, 2.45) is 5.73 Å². The second-order valence-electron chi connectivity index (χ2n) is 3.74. The van der Waals surface area contributed by atoms with Gasteiger partial charge in [-0.3, -0.25) is 4.79 Å². The van der Waals surface area contributed by atoms with Gasteiger partial charge in [0.05, 0.1) is 16.7 Å². The van der Waals surface area contributed by atoms with Gasteiger partial charge in [-0.05, 0) is 24.3 Å².